The van der Waals surface area contributed by atoms with E-state index in [-0.39, 0.29) is 18.1 Å². The molecular weight excluding hydrogens is 230 g/mol. The third kappa shape index (κ3) is 4.92. The molecule has 0 aromatic carbocycles. The van der Waals surface area contributed by atoms with Gasteiger partial charge in [-0.25, -0.2) is 0 Å². The minimum absolute atomic E-state index is 0.00200. The third-order valence-corrected chi connectivity index (χ3v) is 3.41. The maximum Gasteiger partial charge on any atom is 0.237 e. The van der Waals surface area contributed by atoms with E-state index in [1.165, 1.54) is 0 Å². The van der Waals surface area contributed by atoms with Crippen LogP contribution in [0.3, 0.4) is 0 Å². The molecule has 0 aromatic heterocycles. The molecule has 0 radical (unpaired) electrons. The lowest BCUT2D eigenvalue weighted by Gasteiger charge is -2.26. The predicted octanol–water partition coefficient (Wildman–Crippen LogP) is -0.198. The highest BCUT2D eigenvalue weighted by atomic mass is 16.3. The summed E-state index contributed by atoms with van der Waals surface area (Å²) in [6.45, 7) is 5.56. The van der Waals surface area contributed by atoms with Crippen LogP contribution in [-0.2, 0) is 4.79 Å². The number of nitrogens with zero attached hydrogens (tertiary/aromatic N) is 1. The van der Waals surface area contributed by atoms with Crippen molar-refractivity contribution in [2.45, 2.75) is 44.9 Å². The summed E-state index contributed by atoms with van der Waals surface area (Å²) in [6, 6.07) is 0.127. The van der Waals surface area contributed by atoms with Gasteiger partial charge in [0.25, 0.3) is 0 Å². The van der Waals surface area contributed by atoms with Gasteiger partial charge in [0.05, 0.1) is 12.1 Å². The first-order valence-electron chi connectivity index (χ1n) is 6.75. The van der Waals surface area contributed by atoms with Gasteiger partial charge in [-0.3, -0.25) is 4.79 Å². The van der Waals surface area contributed by atoms with E-state index in [0.717, 1.165) is 6.42 Å². The second kappa shape index (κ2) is 7.07. The molecule has 1 aliphatic rings. The van der Waals surface area contributed by atoms with Crippen molar-refractivity contribution in [2.24, 2.45) is 5.92 Å². The molecule has 3 unspecified atom stereocenters. The van der Waals surface area contributed by atoms with E-state index in [2.05, 4.69) is 29.4 Å². The summed E-state index contributed by atoms with van der Waals surface area (Å²) in [7, 11) is 4.08. The van der Waals surface area contributed by atoms with Gasteiger partial charge in [-0.05, 0) is 32.9 Å². The maximum absolute atomic E-state index is 11.9. The number of hydrogen-bond acceptors (Lipinski definition) is 4. The third-order valence-electron chi connectivity index (χ3n) is 3.41. The predicted molar refractivity (Wildman–Crippen MR) is 72.4 cm³/mol. The minimum atomic E-state index is -0.388. The van der Waals surface area contributed by atoms with Crippen molar-refractivity contribution in [1.82, 2.24) is 15.5 Å². The van der Waals surface area contributed by atoms with Crippen LogP contribution in [0.25, 0.3) is 0 Å². The molecule has 3 N–H and O–H groups in total. The number of nitrogens with one attached hydrogen (secondary N) is 2. The van der Waals surface area contributed by atoms with Gasteiger partial charge in [-0.15, -0.1) is 0 Å². The Morgan fingerprint density at radius 2 is 2.17 bits per heavy atom. The fourth-order valence-electron chi connectivity index (χ4n) is 2.28. The quantitative estimate of drug-likeness (QED) is 0.617. The van der Waals surface area contributed by atoms with Gasteiger partial charge in [0, 0.05) is 19.1 Å². The molecule has 5 heteroatoms. The van der Waals surface area contributed by atoms with E-state index in [0.29, 0.717) is 31.5 Å². The van der Waals surface area contributed by atoms with Crippen LogP contribution in [0.5, 0.6) is 0 Å². The molecule has 1 amide bonds. The average Bonchev–Trinajstić information content (AvgIpc) is 2.69. The molecule has 0 bridgehead atoms. The summed E-state index contributed by atoms with van der Waals surface area (Å²) in [4.78, 5) is 14.1. The molecule has 0 spiro atoms. The number of aliphatic hydroxyl groups excluding tert-OH is 1. The molecule has 1 aliphatic heterocycles. The van der Waals surface area contributed by atoms with Gasteiger partial charge in [-0.2, -0.15) is 0 Å². The molecule has 18 heavy (non-hydrogen) atoms. The lowest BCUT2D eigenvalue weighted by molar-refractivity contribution is -0.123. The summed E-state index contributed by atoms with van der Waals surface area (Å²) in [5, 5.41) is 15.4. The van der Waals surface area contributed by atoms with Crippen LogP contribution in [0, 0.1) is 5.92 Å². The number of carbonyl (C=O) groups is 1. The van der Waals surface area contributed by atoms with E-state index in [4.69, 9.17) is 0 Å². The number of hydrogen-bond donors (Lipinski definition) is 3. The Balaban J connectivity index is 2.35. The van der Waals surface area contributed by atoms with Crippen LogP contribution in [0.15, 0.2) is 0 Å². The fraction of sp³-hybridized carbons (Fsp3) is 0.923. The zero-order valence-electron chi connectivity index (χ0n) is 11.9. The van der Waals surface area contributed by atoms with Crippen molar-refractivity contribution in [3.8, 4) is 0 Å². The van der Waals surface area contributed by atoms with E-state index in [1.54, 1.807) is 0 Å². The van der Waals surface area contributed by atoms with Crippen LogP contribution < -0.4 is 10.6 Å². The first-order chi connectivity index (χ1) is 8.40. The number of β-amino-alcohol motifs (C(OH)–C–C–N with tert-alkyl or cyclic N) is 1. The monoisotopic (exact) mass is 257 g/mol. The van der Waals surface area contributed by atoms with Gasteiger partial charge >= 0.3 is 0 Å². The second-order valence-electron chi connectivity index (χ2n) is 5.84. The Hall–Kier alpha value is -0.650. The zero-order valence-corrected chi connectivity index (χ0v) is 11.9. The summed E-state index contributed by atoms with van der Waals surface area (Å²) in [5.74, 6) is 0.614. The van der Waals surface area contributed by atoms with Gasteiger partial charge in [-0.1, -0.05) is 13.8 Å². The Kier molecular flexibility index (Phi) is 6.05. The summed E-state index contributed by atoms with van der Waals surface area (Å²) < 4.78 is 0. The van der Waals surface area contributed by atoms with E-state index >= 15 is 0 Å². The second-order valence-corrected chi connectivity index (χ2v) is 5.84. The first-order valence-corrected chi connectivity index (χ1v) is 6.75. The standard InChI is InChI=1S/C13H27N3O2/c1-9(2)5-10(16(3)4)7-15-13(18)12-6-11(17)8-14-12/h9-12,14,17H,5-8H2,1-4H3,(H,15,18). The first kappa shape index (κ1) is 15.4. The van der Waals surface area contributed by atoms with Crippen LogP contribution in [0.2, 0.25) is 0 Å². The molecule has 5 nitrogen and oxygen atoms in total. The Bertz CT molecular complexity index is 269. The smallest absolute Gasteiger partial charge is 0.237 e. The number of amides is 1. The highest BCUT2D eigenvalue weighted by Crippen LogP contribution is 2.09. The normalized spacial score (nSPS) is 25.7. The van der Waals surface area contributed by atoms with Crippen molar-refractivity contribution < 1.29 is 9.90 Å². The highest BCUT2D eigenvalue weighted by Gasteiger charge is 2.28. The van der Waals surface area contributed by atoms with Crippen LogP contribution >= 0.6 is 0 Å². The van der Waals surface area contributed by atoms with E-state index in [9.17, 15) is 9.90 Å². The molecule has 1 rings (SSSR count). The van der Waals surface area contributed by atoms with Crippen LogP contribution in [0.4, 0.5) is 0 Å². The summed E-state index contributed by atoms with van der Waals surface area (Å²) in [5.41, 5.74) is 0. The molecule has 0 saturated carbocycles. The van der Waals surface area contributed by atoms with Gasteiger partial charge in [0.1, 0.15) is 0 Å². The zero-order chi connectivity index (χ0) is 13.7. The highest BCUT2D eigenvalue weighted by molar-refractivity contribution is 5.82. The largest absolute Gasteiger partial charge is 0.392 e. The van der Waals surface area contributed by atoms with Crippen LogP contribution in [-0.4, -0.2) is 61.3 Å². The maximum atomic E-state index is 11.9. The molecule has 1 saturated heterocycles. The lowest BCUT2D eigenvalue weighted by atomic mass is 10.0. The Morgan fingerprint density at radius 1 is 1.50 bits per heavy atom. The lowest BCUT2D eigenvalue weighted by Crippen LogP contribution is -2.46. The number of likely N-dealkylation sites (N-methyl/N-ethyl adjacent to an activating group) is 1. The summed E-state index contributed by atoms with van der Waals surface area (Å²) >= 11 is 0. The molecule has 3 atom stereocenters. The Morgan fingerprint density at radius 3 is 2.61 bits per heavy atom. The van der Waals surface area contributed by atoms with E-state index < -0.39 is 0 Å². The SMILES string of the molecule is CC(C)CC(CNC(=O)C1CC(O)CN1)N(C)C. The van der Waals surface area contributed by atoms with Crippen molar-refractivity contribution in [3.05, 3.63) is 0 Å². The average molecular weight is 257 g/mol. The Labute approximate surface area is 110 Å². The van der Waals surface area contributed by atoms with Crippen molar-refractivity contribution >= 4 is 5.91 Å². The van der Waals surface area contributed by atoms with Crippen molar-refractivity contribution in [2.75, 3.05) is 27.2 Å². The van der Waals surface area contributed by atoms with E-state index in [1.807, 2.05) is 14.1 Å². The number of carbonyl (C=O) groups excluding carboxylic acids is 1. The topological polar surface area (TPSA) is 64.6 Å². The van der Waals surface area contributed by atoms with Crippen LogP contribution in [0.1, 0.15) is 26.7 Å². The number of aliphatic hydroxyl groups is 1. The minimum Gasteiger partial charge on any atom is -0.392 e. The molecule has 106 valence electrons. The number of rotatable bonds is 6. The van der Waals surface area contributed by atoms with Crippen molar-refractivity contribution in [3.63, 3.8) is 0 Å². The molecular formula is C13H27N3O2. The fourth-order valence-corrected chi connectivity index (χ4v) is 2.28. The van der Waals surface area contributed by atoms with Gasteiger partial charge < -0.3 is 20.6 Å². The molecule has 1 heterocycles. The van der Waals surface area contributed by atoms with Crippen molar-refractivity contribution in [1.29, 1.82) is 0 Å². The molecule has 0 aromatic rings. The summed E-state index contributed by atoms with van der Waals surface area (Å²) in [6.07, 6.45) is 1.19. The molecule has 1 fully saturated rings. The van der Waals surface area contributed by atoms with Gasteiger partial charge in [0.15, 0.2) is 0 Å². The molecule has 0 aliphatic carbocycles. The van der Waals surface area contributed by atoms with Gasteiger partial charge in [0.2, 0.25) is 5.91 Å².